The summed E-state index contributed by atoms with van der Waals surface area (Å²) in [6, 6.07) is 18.3. The second kappa shape index (κ2) is 32.5. The third kappa shape index (κ3) is 19.3. The molecule has 2 aromatic carbocycles. The molecule has 0 aliphatic rings. The Morgan fingerprint density at radius 2 is 1.13 bits per heavy atom. The maximum Gasteiger partial charge on any atom is 2.00 e. The van der Waals surface area contributed by atoms with Crippen LogP contribution in [0.5, 0.6) is 0 Å². The van der Waals surface area contributed by atoms with Gasteiger partial charge >= 0.3 is 22.4 Å². The first-order valence-corrected chi connectivity index (χ1v) is 18.1. The van der Waals surface area contributed by atoms with E-state index in [9.17, 15) is 5.53 Å². The van der Waals surface area contributed by atoms with Gasteiger partial charge in [-0.15, -0.1) is 4.79 Å². The minimum Gasteiger partial charge on any atom is -0.348 e. The number of allylic oxidation sites excluding steroid dienone is 4. The van der Waals surface area contributed by atoms with Crippen LogP contribution in [0, 0.1) is 13.8 Å². The molecule has 0 aromatic heterocycles. The number of benzene rings is 2. The molecule has 2 aromatic rings. The van der Waals surface area contributed by atoms with Crippen LogP contribution in [0.25, 0.3) is 11.1 Å². The molecule has 0 saturated heterocycles. The topological polar surface area (TPSA) is 36.4 Å². The monoisotopic (exact) mass is 668 g/mol. The molecule has 2 rings (SSSR count). The second-order valence-corrected chi connectivity index (χ2v) is 11.5. The molecule has 0 saturated carbocycles. The van der Waals surface area contributed by atoms with Crippen molar-refractivity contribution >= 4 is 11.4 Å². The van der Waals surface area contributed by atoms with Crippen molar-refractivity contribution in [1.82, 2.24) is 0 Å². The molecule has 2 nitrogen and oxygen atoms in total. The Bertz CT molecular complexity index is 1130. The zero-order valence-electron chi connectivity index (χ0n) is 30.4. The molecule has 0 bridgehead atoms. The average Bonchev–Trinajstić information content (AvgIpc) is 3.09. The van der Waals surface area contributed by atoms with Gasteiger partial charge in [0.05, 0.1) is 0 Å². The van der Waals surface area contributed by atoms with Gasteiger partial charge in [-0.3, -0.25) is 0 Å². The molecule has 0 heterocycles. The molecular weight excluding hydrogens is 603 g/mol. The summed E-state index contributed by atoms with van der Waals surface area (Å²) < 4.78 is 0. The molecule has 3 heteroatoms. The summed E-state index contributed by atoms with van der Waals surface area (Å²) in [5.74, 6) is 2.98. The van der Waals surface area contributed by atoms with E-state index in [-0.39, 0.29) is 16.5 Å². The van der Waals surface area contributed by atoms with Crippen molar-refractivity contribution in [3.63, 3.8) is 0 Å². The van der Waals surface area contributed by atoms with E-state index < -0.39 is 0 Å². The molecule has 258 valence electrons. The first-order chi connectivity index (χ1) is 22.2. The predicted octanol–water partition coefficient (Wildman–Crippen LogP) is 13.6. The molecule has 46 heavy (non-hydrogen) atoms. The van der Waals surface area contributed by atoms with Crippen molar-refractivity contribution in [2.75, 3.05) is 0 Å². The van der Waals surface area contributed by atoms with Crippen LogP contribution in [0.2, 0.25) is 0 Å². The summed E-state index contributed by atoms with van der Waals surface area (Å²) in [5, 5.41) is 0. The van der Waals surface area contributed by atoms with Crippen LogP contribution in [-0.4, -0.2) is 10.7 Å². The van der Waals surface area contributed by atoms with E-state index in [1.165, 1.54) is 110 Å². The molecule has 0 radical (unpaired) electrons. The fourth-order valence-corrected chi connectivity index (χ4v) is 5.47. The number of nitrogens with zero attached hydrogens (tertiary/aromatic N) is 2. The maximum absolute atomic E-state index is 9.68. The SMILES string of the molecule is CCCCCCCC=CC(=C=[N+]=[N-])C(CCCCCC)=C(c1ccc(CC)cc1)c1ccc(CCCCCC)cc1.[CH2-]C.[CH2-]C.[Ni+2]. The van der Waals surface area contributed by atoms with Crippen LogP contribution in [0.1, 0.15) is 160 Å². The van der Waals surface area contributed by atoms with Gasteiger partial charge in [-0.05, 0) is 84.4 Å². The van der Waals surface area contributed by atoms with E-state index in [0.717, 1.165) is 37.7 Å². The Balaban J connectivity index is 0. The van der Waals surface area contributed by atoms with E-state index in [0.29, 0.717) is 0 Å². The Hall–Kier alpha value is -2.43. The smallest absolute Gasteiger partial charge is 0.348 e. The molecule has 0 fully saturated rings. The number of rotatable bonds is 21. The van der Waals surface area contributed by atoms with Crippen LogP contribution in [0.15, 0.2) is 71.8 Å². The predicted molar refractivity (Wildman–Crippen MR) is 202 cm³/mol. The van der Waals surface area contributed by atoms with Crippen molar-refractivity contribution in [2.45, 2.75) is 151 Å². The van der Waals surface area contributed by atoms with Crippen molar-refractivity contribution in [2.24, 2.45) is 0 Å². The second-order valence-electron chi connectivity index (χ2n) is 11.5. The van der Waals surface area contributed by atoms with Crippen molar-refractivity contribution < 1.29 is 21.3 Å². The molecule has 0 spiro atoms. The quantitative estimate of drug-likeness (QED) is 0.0241. The molecule has 0 amide bonds. The number of hydrogen-bond acceptors (Lipinski definition) is 0. The Morgan fingerprint density at radius 1 is 0.652 bits per heavy atom. The summed E-state index contributed by atoms with van der Waals surface area (Å²) >= 11 is 0. The summed E-state index contributed by atoms with van der Waals surface area (Å²) in [4.78, 5) is 3.43. The first-order valence-electron chi connectivity index (χ1n) is 18.1. The largest absolute Gasteiger partial charge is 2.00 e. The number of aryl methyl sites for hydroxylation is 2. The van der Waals surface area contributed by atoms with Gasteiger partial charge in [0.15, 0.2) is 0 Å². The third-order valence-electron chi connectivity index (χ3n) is 8.05. The van der Waals surface area contributed by atoms with Crippen LogP contribution in [0.4, 0.5) is 0 Å². The zero-order valence-corrected chi connectivity index (χ0v) is 31.4. The Kier molecular flexibility index (Phi) is 32.3. The van der Waals surface area contributed by atoms with Gasteiger partial charge in [0.25, 0.3) is 0 Å². The zero-order chi connectivity index (χ0) is 33.5. The van der Waals surface area contributed by atoms with Crippen LogP contribution in [0.3, 0.4) is 0 Å². The third-order valence-corrected chi connectivity index (χ3v) is 8.05. The van der Waals surface area contributed by atoms with Gasteiger partial charge in [-0.1, -0.05) is 147 Å². The fourth-order valence-electron chi connectivity index (χ4n) is 5.47. The molecule has 0 atom stereocenters. The Morgan fingerprint density at radius 3 is 1.63 bits per heavy atom. The summed E-state index contributed by atoms with van der Waals surface area (Å²) in [6.07, 6.45) is 24.8. The van der Waals surface area contributed by atoms with E-state index in [1.807, 2.05) is 0 Å². The van der Waals surface area contributed by atoms with Gasteiger partial charge in [0.1, 0.15) is 5.57 Å². The maximum atomic E-state index is 9.68. The first kappa shape index (κ1) is 45.7. The van der Waals surface area contributed by atoms with Crippen LogP contribution >= 0.6 is 0 Å². The van der Waals surface area contributed by atoms with Gasteiger partial charge in [0.2, 0.25) is 0 Å². The van der Waals surface area contributed by atoms with Crippen LogP contribution in [-0.2, 0) is 29.3 Å². The molecule has 0 N–H and O–H groups in total. The molecule has 0 aliphatic heterocycles. The van der Waals surface area contributed by atoms with Gasteiger partial charge in [0, 0.05) is 0 Å². The summed E-state index contributed by atoms with van der Waals surface area (Å²) in [7, 11) is 0. The van der Waals surface area contributed by atoms with Gasteiger partial charge in [-0.2, -0.15) is 13.8 Å². The van der Waals surface area contributed by atoms with E-state index >= 15 is 0 Å². The standard InChI is InChI=1S/C39H56N2.2C2H5.Ni/c1-5-9-12-15-16-17-19-22-37(32-41-40)38(23-20-14-11-7-3)39(35-28-24-33(8-4)25-29-35)36-30-26-34(27-31-36)21-18-13-10-6-2;2*1-2;/h19,22,24-31H,5-18,20-21,23H2,1-4H3;2*1H2,2H3;/q;2*-1;+2. The number of hydrogen-bond donors (Lipinski definition) is 0. The van der Waals surface area contributed by atoms with Crippen molar-refractivity contribution in [3.8, 4) is 0 Å². The van der Waals surface area contributed by atoms with E-state index in [1.54, 1.807) is 13.8 Å². The summed E-state index contributed by atoms with van der Waals surface area (Å²) in [6.45, 7) is 19.0. The number of unbranched alkanes of at least 4 members (excludes halogenated alkanes) is 11. The average molecular weight is 670 g/mol. The normalized spacial score (nSPS) is 10.8. The van der Waals surface area contributed by atoms with Gasteiger partial charge < -0.3 is 19.4 Å². The van der Waals surface area contributed by atoms with Crippen LogP contribution < -0.4 is 0 Å². The van der Waals surface area contributed by atoms with Gasteiger partial charge in [-0.25, -0.2) is 0 Å². The van der Waals surface area contributed by atoms with E-state index in [4.69, 9.17) is 0 Å². The van der Waals surface area contributed by atoms with Crippen molar-refractivity contribution in [1.29, 1.82) is 0 Å². The molecular formula is C43H66N2Ni. The minimum atomic E-state index is 0. The minimum absolute atomic E-state index is 0. The van der Waals surface area contributed by atoms with E-state index in [2.05, 4.69) is 113 Å². The summed E-state index contributed by atoms with van der Waals surface area (Å²) in [5.41, 5.74) is 18.2. The Labute approximate surface area is 295 Å². The van der Waals surface area contributed by atoms with Crippen molar-refractivity contribution in [3.05, 3.63) is 113 Å². The molecule has 0 unspecified atom stereocenters. The fraction of sp³-hybridized carbons (Fsp3) is 0.535. The molecule has 0 aliphatic carbocycles.